The summed E-state index contributed by atoms with van der Waals surface area (Å²) in [6, 6.07) is 17.9. The first-order valence-corrected chi connectivity index (χ1v) is 10.1. The molecule has 0 bridgehead atoms. The number of piperazine rings is 1. The second-order valence-corrected chi connectivity index (χ2v) is 7.72. The van der Waals surface area contributed by atoms with Crippen molar-refractivity contribution in [2.45, 2.75) is 6.92 Å². The molecule has 0 atom stereocenters. The number of aromatic nitrogens is 1. The molecule has 1 amide bonds. The standard InChI is InChI=1S/C22H22BrN3O/c1-2-25-10-12-26(13-11-25)22(27)19-15-21(16-6-5-7-17(23)14-16)24-20-9-4-3-8-18(19)20/h3-9,14-15H,2,10-13H2,1H3. The first kappa shape index (κ1) is 18.1. The van der Waals surface area contributed by atoms with Gasteiger partial charge in [-0.2, -0.15) is 0 Å². The van der Waals surface area contributed by atoms with Crippen LogP contribution < -0.4 is 0 Å². The van der Waals surface area contributed by atoms with E-state index in [1.54, 1.807) is 0 Å². The summed E-state index contributed by atoms with van der Waals surface area (Å²) >= 11 is 3.52. The maximum atomic E-state index is 13.3. The van der Waals surface area contributed by atoms with E-state index in [2.05, 4.69) is 27.8 Å². The monoisotopic (exact) mass is 423 g/mol. The van der Waals surface area contributed by atoms with Gasteiger partial charge in [0.1, 0.15) is 0 Å². The van der Waals surface area contributed by atoms with E-state index >= 15 is 0 Å². The fourth-order valence-corrected chi connectivity index (χ4v) is 3.98. The van der Waals surface area contributed by atoms with E-state index in [1.807, 2.05) is 59.5 Å². The van der Waals surface area contributed by atoms with Gasteiger partial charge in [0.05, 0.1) is 16.8 Å². The molecule has 1 aromatic heterocycles. The van der Waals surface area contributed by atoms with Gasteiger partial charge in [-0.1, -0.05) is 53.2 Å². The molecule has 1 aliphatic heterocycles. The highest BCUT2D eigenvalue weighted by Gasteiger charge is 2.23. The summed E-state index contributed by atoms with van der Waals surface area (Å²) in [6.07, 6.45) is 0. The Morgan fingerprint density at radius 1 is 1.04 bits per heavy atom. The zero-order chi connectivity index (χ0) is 18.8. The van der Waals surface area contributed by atoms with Gasteiger partial charge in [0, 0.05) is 41.6 Å². The number of rotatable bonds is 3. The molecule has 4 nitrogen and oxygen atoms in total. The van der Waals surface area contributed by atoms with Crippen molar-refractivity contribution >= 4 is 32.7 Å². The lowest BCUT2D eigenvalue weighted by molar-refractivity contribution is 0.0645. The molecule has 0 unspecified atom stereocenters. The minimum absolute atomic E-state index is 0.0978. The highest BCUT2D eigenvalue weighted by molar-refractivity contribution is 9.10. The molecule has 0 aliphatic carbocycles. The molecule has 0 saturated carbocycles. The number of nitrogens with zero attached hydrogens (tertiary/aromatic N) is 3. The van der Waals surface area contributed by atoms with E-state index in [-0.39, 0.29) is 5.91 Å². The van der Waals surface area contributed by atoms with E-state index < -0.39 is 0 Å². The molecule has 0 spiro atoms. The third-order valence-corrected chi connectivity index (χ3v) is 5.67. The highest BCUT2D eigenvalue weighted by Crippen LogP contribution is 2.27. The Balaban J connectivity index is 1.76. The van der Waals surface area contributed by atoms with Gasteiger partial charge in [0.15, 0.2) is 0 Å². The van der Waals surface area contributed by atoms with Crippen LogP contribution in [0, 0.1) is 0 Å². The number of fused-ring (bicyclic) bond motifs is 1. The Morgan fingerprint density at radius 3 is 2.56 bits per heavy atom. The largest absolute Gasteiger partial charge is 0.336 e. The predicted octanol–water partition coefficient (Wildman–Crippen LogP) is 4.44. The minimum Gasteiger partial charge on any atom is -0.336 e. The van der Waals surface area contributed by atoms with Crippen molar-refractivity contribution in [3.63, 3.8) is 0 Å². The third kappa shape index (κ3) is 3.75. The topological polar surface area (TPSA) is 36.4 Å². The molecule has 1 saturated heterocycles. The van der Waals surface area contributed by atoms with Crippen LogP contribution in [0.1, 0.15) is 17.3 Å². The Morgan fingerprint density at radius 2 is 1.81 bits per heavy atom. The van der Waals surface area contributed by atoms with Gasteiger partial charge < -0.3 is 9.80 Å². The van der Waals surface area contributed by atoms with Crippen LogP contribution in [0.4, 0.5) is 0 Å². The van der Waals surface area contributed by atoms with Gasteiger partial charge in [0.25, 0.3) is 5.91 Å². The molecule has 3 aromatic rings. The number of hydrogen-bond donors (Lipinski definition) is 0. The molecule has 2 aromatic carbocycles. The lowest BCUT2D eigenvalue weighted by atomic mass is 10.0. The van der Waals surface area contributed by atoms with E-state index in [4.69, 9.17) is 4.98 Å². The van der Waals surface area contributed by atoms with E-state index in [0.717, 1.165) is 64.9 Å². The van der Waals surface area contributed by atoms with Crippen molar-refractivity contribution in [2.75, 3.05) is 32.7 Å². The van der Waals surface area contributed by atoms with Gasteiger partial charge in [-0.05, 0) is 30.8 Å². The first-order valence-electron chi connectivity index (χ1n) is 9.33. The zero-order valence-corrected chi connectivity index (χ0v) is 16.9. The van der Waals surface area contributed by atoms with Gasteiger partial charge in [-0.3, -0.25) is 4.79 Å². The minimum atomic E-state index is 0.0978. The normalized spacial score (nSPS) is 15.3. The summed E-state index contributed by atoms with van der Waals surface area (Å²) in [5, 5.41) is 0.916. The number of pyridine rings is 1. The number of likely N-dealkylation sites (N-methyl/N-ethyl adjacent to an activating group) is 1. The van der Waals surface area contributed by atoms with E-state index in [0.29, 0.717) is 0 Å². The van der Waals surface area contributed by atoms with Crippen LogP contribution in [0.5, 0.6) is 0 Å². The summed E-state index contributed by atoms with van der Waals surface area (Å²) in [5.41, 5.74) is 3.41. The van der Waals surface area contributed by atoms with Gasteiger partial charge in [0.2, 0.25) is 0 Å². The molecule has 2 heterocycles. The van der Waals surface area contributed by atoms with Gasteiger partial charge >= 0.3 is 0 Å². The van der Waals surface area contributed by atoms with Gasteiger partial charge in [-0.15, -0.1) is 0 Å². The summed E-state index contributed by atoms with van der Waals surface area (Å²) in [7, 11) is 0. The lowest BCUT2D eigenvalue weighted by Crippen LogP contribution is -2.48. The Hall–Kier alpha value is -2.24. The molecule has 27 heavy (non-hydrogen) atoms. The lowest BCUT2D eigenvalue weighted by Gasteiger charge is -2.34. The molecular weight excluding hydrogens is 402 g/mol. The predicted molar refractivity (Wildman–Crippen MR) is 113 cm³/mol. The van der Waals surface area contributed by atoms with Crippen molar-refractivity contribution in [1.29, 1.82) is 0 Å². The maximum Gasteiger partial charge on any atom is 0.254 e. The number of benzene rings is 2. The summed E-state index contributed by atoms with van der Waals surface area (Å²) in [5.74, 6) is 0.0978. The molecule has 1 fully saturated rings. The Labute approximate surface area is 167 Å². The highest BCUT2D eigenvalue weighted by atomic mass is 79.9. The smallest absolute Gasteiger partial charge is 0.254 e. The average Bonchev–Trinajstić information content (AvgIpc) is 2.72. The molecule has 4 rings (SSSR count). The van der Waals surface area contributed by atoms with Crippen molar-refractivity contribution in [2.24, 2.45) is 0 Å². The number of carbonyl (C=O) groups is 1. The van der Waals surface area contributed by atoms with E-state index in [1.165, 1.54) is 0 Å². The van der Waals surface area contributed by atoms with Crippen LogP contribution in [-0.2, 0) is 0 Å². The molecule has 5 heteroatoms. The Bertz CT molecular complexity index is 980. The number of hydrogen-bond acceptors (Lipinski definition) is 3. The maximum absolute atomic E-state index is 13.3. The van der Waals surface area contributed by atoms with Crippen LogP contribution in [0.15, 0.2) is 59.1 Å². The fraction of sp³-hybridized carbons (Fsp3) is 0.273. The van der Waals surface area contributed by atoms with Crippen LogP contribution >= 0.6 is 15.9 Å². The third-order valence-electron chi connectivity index (χ3n) is 5.17. The second kappa shape index (κ2) is 7.79. The number of para-hydroxylation sites is 1. The number of carbonyl (C=O) groups excluding carboxylic acids is 1. The second-order valence-electron chi connectivity index (χ2n) is 6.81. The van der Waals surface area contributed by atoms with Crippen LogP contribution in [0.3, 0.4) is 0 Å². The van der Waals surface area contributed by atoms with E-state index in [9.17, 15) is 4.79 Å². The van der Waals surface area contributed by atoms with Crippen molar-refractivity contribution in [1.82, 2.24) is 14.8 Å². The summed E-state index contributed by atoms with van der Waals surface area (Å²) in [4.78, 5) is 22.5. The average molecular weight is 424 g/mol. The zero-order valence-electron chi connectivity index (χ0n) is 15.4. The number of halogens is 1. The SMILES string of the molecule is CCN1CCN(C(=O)c2cc(-c3cccc(Br)c3)nc3ccccc23)CC1. The molecule has 1 aliphatic rings. The number of amides is 1. The van der Waals surface area contributed by atoms with Crippen LogP contribution in [0.2, 0.25) is 0 Å². The molecule has 0 N–H and O–H groups in total. The Kier molecular flexibility index (Phi) is 5.23. The molecule has 0 radical (unpaired) electrons. The summed E-state index contributed by atoms with van der Waals surface area (Å²) < 4.78 is 0.999. The van der Waals surface area contributed by atoms with Crippen molar-refractivity contribution in [3.05, 3.63) is 64.6 Å². The van der Waals surface area contributed by atoms with Crippen molar-refractivity contribution < 1.29 is 4.79 Å². The van der Waals surface area contributed by atoms with Crippen LogP contribution in [0.25, 0.3) is 22.2 Å². The summed E-state index contributed by atoms with van der Waals surface area (Å²) in [6.45, 7) is 6.62. The van der Waals surface area contributed by atoms with Gasteiger partial charge in [-0.25, -0.2) is 4.98 Å². The van der Waals surface area contributed by atoms with Crippen LogP contribution in [-0.4, -0.2) is 53.4 Å². The fourth-order valence-electron chi connectivity index (χ4n) is 3.59. The van der Waals surface area contributed by atoms with Crippen molar-refractivity contribution in [3.8, 4) is 11.3 Å². The quantitative estimate of drug-likeness (QED) is 0.624. The molecular formula is C22H22BrN3O. The molecule has 138 valence electrons. The first-order chi connectivity index (χ1) is 13.2.